The quantitative estimate of drug-likeness (QED) is 0.728. The molecule has 3 aromatic rings. The molecule has 0 spiro atoms. The van der Waals surface area contributed by atoms with Gasteiger partial charge in [-0.15, -0.1) is 0 Å². The minimum Gasteiger partial charge on any atom is -0.373 e. The number of carbonyl (C=O) groups excluding carboxylic acids is 1. The van der Waals surface area contributed by atoms with Crippen LogP contribution in [0, 0.1) is 11.6 Å². The number of hydrogen-bond donors (Lipinski definition) is 2. The van der Waals surface area contributed by atoms with E-state index in [0.29, 0.717) is 12.1 Å². The Labute approximate surface area is 159 Å². The molecule has 28 heavy (non-hydrogen) atoms. The first-order valence-corrected chi connectivity index (χ1v) is 8.85. The molecule has 2 N–H and O–H groups in total. The van der Waals surface area contributed by atoms with Crippen LogP contribution in [-0.4, -0.2) is 34.1 Å². The number of nitrogens with zero attached hydrogens (tertiary/aromatic N) is 2. The van der Waals surface area contributed by atoms with Crippen molar-refractivity contribution >= 4 is 22.4 Å². The van der Waals surface area contributed by atoms with Gasteiger partial charge in [0.1, 0.15) is 6.04 Å². The molecule has 1 aromatic heterocycles. The molecule has 144 valence electrons. The predicted molar refractivity (Wildman–Crippen MR) is 101 cm³/mol. The number of likely N-dealkylation sites (N-methyl/N-ethyl adjacent to an activating group) is 1. The van der Waals surface area contributed by atoms with Crippen LogP contribution in [0.25, 0.3) is 10.8 Å². The second-order valence-electron chi connectivity index (χ2n) is 6.93. The molecule has 2 heterocycles. The highest BCUT2D eigenvalue weighted by molar-refractivity contribution is 5.89. The molecular weight excluding hydrogens is 366 g/mol. The van der Waals surface area contributed by atoms with Gasteiger partial charge in [0.05, 0.1) is 17.1 Å². The van der Waals surface area contributed by atoms with Crippen molar-refractivity contribution in [1.29, 1.82) is 0 Å². The molecule has 6 nitrogen and oxygen atoms in total. The summed E-state index contributed by atoms with van der Waals surface area (Å²) >= 11 is 0. The second kappa shape index (κ2) is 6.70. The van der Waals surface area contributed by atoms with E-state index >= 15 is 0 Å². The first-order chi connectivity index (χ1) is 13.4. The fourth-order valence-electron chi connectivity index (χ4n) is 3.56. The smallest absolute Gasteiger partial charge is 0.272 e. The van der Waals surface area contributed by atoms with Crippen LogP contribution >= 0.6 is 0 Å². The second-order valence-corrected chi connectivity index (χ2v) is 6.93. The number of para-hydroxylation sites is 1. The molecule has 0 bridgehead atoms. The van der Waals surface area contributed by atoms with Gasteiger partial charge in [-0.3, -0.25) is 9.59 Å². The van der Waals surface area contributed by atoms with E-state index in [9.17, 15) is 18.4 Å². The summed E-state index contributed by atoms with van der Waals surface area (Å²) in [5, 5.41) is 9.68. The van der Waals surface area contributed by atoms with Crippen LogP contribution in [0.5, 0.6) is 0 Å². The molecule has 0 unspecified atom stereocenters. The van der Waals surface area contributed by atoms with Crippen molar-refractivity contribution in [3.63, 3.8) is 0 Å². The maximum absolute atomic E-state index is 13.8. The molecule has 8 heteroatoms. The van der Waals surface area contributed by atoms with Gasteiger partial charge in [0.15, 0.2) is 11.6 Å². The number of benzene rings is 2. The fourth-order valence-corrected chi connectivity index (χ4v) is 3.56. The van der Waals surface area contributed by atoms with Crippen molar-refractivity contribution in [1.82, 2.24) is 15.1 Å². The Hall–Kier alpha value is -3.29. The Bertz CT molecular complexity index is 1120. The number of amides is 1. The summed E-state index contributed by atoms with van der Waals surface area (Å²) in [6.07, 6.45) is 0.561. The van der Waals surface area contributed by atoms with E-state index in [0.717, 1.165) is 23.4 Å². The van der Waals surface area contributed by atoms with Crippen molar-refractivity contribution < 1.29 is 13.6 Å². The first kappa shape index (κ1) is 18.1. The number of rotatable bonds is 3. The maximum Gasteiger partial charge on any atom is 0.272 e. The van der Waals surface area contributed by atoms with Crippen LogP contribution in [0.3, 0.4) is 0 Å². The van der Waals surface area contributed by atoms with E-state index in [4.69, 9.17) is 0 Å². The number of anilines is 1. The average molecular weight is 384 g/mol. The Balaban J connectivity index is 1.65. The zero-order valence-corrected chi connectivity index (χ0v) is 15.3. The van der Waals surface area contributed by atoms with Crippen LogP contribution in [0.4, 0.5) is 14.5 Å². The third kappa shape index (κ3) is 2.90. The van der Waals surface area contributed by atoms with Gasteiger partial charge < -0.3 is 10.2 Å². The largest absolute Gasteiger partial charge is 0.373 e. The minimum atomic E-state index is -1.11. The number of halogens is 2. The number of carbonyl (C=O) groups is 1. The molecular formula is C20H18F2N4O2. The zero-order chi connectivity index (χ0) is 20.0. The van der Waals surface area contributed by atoms with Crippen molar-refractivity contribution in [3.8, 4) is 0 Å². The van der Waals surface area contributed by atoms with Crippen molar-refractivity contribution in [3.05, 3.63) is 69.6 Å². The SMILES string of the molecule is C[C@H](c1n[nH]c(=O)c2cc(F)c(F)cc12)N(C)C(=O)[C@@H]1Cc2ccccc2N1. The summed E-state index contributed by atoms with van der Waals surface area (Å²) in [5.41, 5.74) is 1.66. The van der Waals surface area contributed by atoms with Gasteiger partial charge in [0, 0.05) is 24.5 Å². The summed E-state index contributed by atoms with van der Waals surface area (Å²) in [6.45, 7) is 1.72. The fraction of sp³-hybridized carbons (Fsp3) is 0.250. The van der Waals surface area contributed by atoms with Gasteiger partial charge in [-0.25, -0.2) is 13.9 Å². The van der Waals surface area contributed by atoms with Crippen molar-refractivity contribution in [2.24, 2.45) is 0 Å². The Morgan fingerprint density at radius 2 is 1.89 bits per heavy atom. The number of aromatic nitrogens is 2. The number of fused-ring (bicyclic) bond motifs is 2. The first-order valence-electron chi connectivity index (χ1n) is 8.85. The molecule has 4 rings (SSSR count). The molecule has 0 saturated heterocycles. The predicted octanol–water partition coefficient (Wildman–Crippen LogP) is 2.76. The molecule has 1 aliphatic rings. The minimum absolute atomic E-state index is 0.0111. The summed E-state index contributed by atoms with van der Waals surface area (Å²) in [4.78, 5) is 26.4. The van der Waals surface area contributed by atoms with E-state index in [1.165, 1.54) is 4.90 Å². The highest BCUT2D eigenvalue weighted by Gasteiger charge is 2.31. The van der Waals surface area contributed by atoms with Crippen LogP contribution < -0.4 is 10.9 Å². The van der Waals surface area contributed by atoms with Gasteiger partial charge >= 0.3 is 0 Å². The summed E-state index contributed by atoms with van der Waals surface area (Å²) in [7, 11) is 1.62. The van der Waals surface area contributed by atoms with Crippen LogP contribution in [-0.2, 0) is 11.2 Å². The standard InChI is InChI=1S/C20H18F2N4O2/c1-10(18-12-8-14(21)15(22)9-13(12)19(27)25-24-18)26(2)20(28)17-7-11-5-3-4-6-16(11)23-17/h3-6,8-10,17,23H,7H2,1-2H3,(H,25,27)/t10-,17+/m1/s1. The number of aromatic amines is 1. The number of hydrogen-bond acceptors (Lipinski definition) is 4. The van der Waals surface area contributed by atoms with Gasteiger partial charge in [0.25, 0.3) is 5.56 Å². The van der Waals surface area contributed by atoms with E-state index in [-0.39, 0.29) is 16.7 Å². The monoisotopic (exact) mass is 384 g/mol. The van der Waals surface area contributed by atoms with Gasteiger partial charge in [-0.2, -0.15) is 5.10 Å². The van der Waals surface area contributed by atoms with Crippen LogP contribution in [0.15, 0.2) is 41.2 Å². The average Bonchev–Trinajstić information content (AvgIpc) is 3.12. The number of nitrogens with one attached hydrogen (secondary N) is 2. The maximum atomic E-state index is 13.8. The Kier molecular flexibility index (Phi) is 4.33. The molecule has 1 amide bonds. The molecule has 0 radical (unpaired) electrons. The molecule has 2 aromatic carbocycles. The topological polar surface area (TPSA) is 78.1 Å². The normalized spacial score (nSPS) is 16.5. The molecule has 2 atom stereocenters. The van der Waals surface area contributed by atoms with Gasteiger partial charge in [-0.05, 0) is 30.7 Å². The summed E-state index contributed by atoms with van der Waals surface area (Å²) in [5.74, 6) is -2.34. The van der Waals surface area contributed by atoms with E-state index in [2.05, 4.69) is 15.5 Å². The Morgan fingerprint density at radius 3 is 2.61 bits per heavy atom. The number of H-pyrrole nitrogens is 1. The summed E-state index contributed by atoms with van der Waals surface area (Å²) < 4.78 is 27.3. The van der Waals surface area contributed by atoms with Crippen molar-refractivity contribution in [2.45, 2.75) is 25.4 Å². The van der Waals surface area contributed by atoms with Crippen molar-refractivity contribution in [2.75, 3.05) is 12.4 Å². The lowest BCUT2D eigenvalue weighted by atomic mass is 10.0. The zero-order valence-electron chi connectivity index (χ0n) is 15.3. The Morgan fingerprint density at radius 1 is 1.21 bits per heavy atom. The van der Waals surface area contributed by atoms with Gasteiger partial charge in [0.2, 0.25) is 5.91 Å². The van der Waals surface area contributed by atoms with E-state index in [1.54, 1.807) is 14.0 Å². The highest BCUT2D eigenvalue weighted by atomic mass is 19.2. The molecule has 0 aliphatic carbocycles. The molecule has 0 saturated carbocycles. The lowest BCUT2D eigenvalue weighted by molar-refractivity contribution is -0.132. The third-order valence-electron chi connectivity index (χ3n) is 5.25. The van der Waals surface area contributed by atoms with E-state index in [1.807, 2.05) is 24.3 Å². The van der Waals surface area contributed by atoms with Crippen LogP contribution in [0.1, 0.15) is 24.2 Å². The van der Waals surface area contributed by atoms with Gasteiger partial charge in [-0.1, -0.05) is 18.2 Å². The highest BCUT2D eigenvalue weighted by Crippen LogP contribution is 2.29. The molecule has 0 fully saturated rings. The third-order valence-corrected chi connectivity index (χ3v) is 5.25. The molecule has 1 aliphatic heterocycles. The lowest BCUT2D eigenvalue weighted by Crippen LogP contribution is -2.41. The summed E-state index contributed by atoms with van der Waals surface area (Å²) in [6, 6.07) is 8.50. The lowest BCUT2D eigenvalue weighted by Gasteiger charge is -2.28. The van der Waals surface area contributed by atoms with Crippen LogP contribution in [0.2, 0.25) is 0 Å². The van der Waals surface area contributed by atoms with E-state index < -0.39 is 29.3 Å².